The summed E-state index contributed by atoms with van der Waals surface area (Å²) in [5, 5.41) is 13.2. The molecule has 1 aliphatic carbocycles. The van der Waals surface area contributed by atoms with Gasteiger partial charge in [-0.2, -0.15) is 0 Å². The summed E-state index contributed by atoms with van der Waals surface area (Å²) in [4.78, 5) is 0. The van der Waals surface area contributed by atoms with Crippen molar-refractivity contribution in [2.24, 2.45) is 0 Å². The van der Waals surface area contributed by atoms with E-state index in [-0.39, 0.29) is 12.1 Å². The molecule has 0 spiro atoms. The van der Waals surface area contributed by atoms with Crippen molar-refractivity contribution in [1.29, 1.82) is 0 Å². The summed E-state index contributed by atoms with van der Waals surface area (Å²) in [5.74, 6) is 0. The predicted molar refractivity (Wildman–Crippen MR) is 76.8 cm³/mol. The van der Waals surface area contributed by atoms with Gasteiger partial charge in [-0.15, -0.1) is 0 Å². The van der Waals surface area contributed by atoms with Gasteiger partial charge in [-0.25, -0.2) is 0 Å². The molecule has 0 aliphatic heterocycles. The first kappa shape index (κ1) is 12.9. The van der Waals surface area contributed by atoms with Gasteiger partial charge in [0.2, 0.25) is 0 Å². The molecule has 2 N–H and O–H groups in total. The van der Waals surface area contributed by atoms with Crippen molar-refractivity contribution in [3.63, 3.8) is 0 Å². The van der Waals surface area contributed by atoms with Gasteiger partial charge < -0.3 is 10.4 Å². The number of benzene rings is 1. The molecule has 0 amide bonds. The lowest BCUT2D eigenvalue weighted by atomic mass is 10.2. The van der Waals surface area contributed by atoms with Crippen LogP contribution in [0.1, 0.15) is 19.3 Å². The molecule has 1 saturated carbocycles. The normalized spacial score (nSPS) is 24.8. The molecule has 0 aromatic heterocycles. The maximum atomic E-state index is 9.78. The van der Waals surface area contributed by atoms with Gasteiger partial charge in [-0.1, -0.05) is 15.9 Å². The van der Waals surface area contributed by atoms with E-state index in [0.717, 1.165) is 38.4 Å². The molecule has 5 heteroatoms. The Morgan fingerprint density at radius 1 is 1.12 bits per heavy atom. The zero-order valence-corrected chi connectivity index (χ0v) is 13.3. The predicted octanol–water partition coefficient (Wildman–Crippen LogP) is 4.30. The summed E-state index contributed by atoms with van der Waals surface area (Å²) in [5.41, 5.74) is 1.01. The molecule has 16 heavy (non-hydrogen) atoms. The number of halogens is 3. The van der Waals surface area contributed by atoms with Crippen LogP contribution in [0.5, 0.6) is 0 Å². The van der Waals surface area contributed by atoms with E-state index in [1.54, 1.807) is 0 Å². The minimum absolute atomic E-state index is 0.161. The third kappa shape index (κ3) is 2.81. The van der Waals surface area contributed by atoms with Gasteiger partial charge in [0.1, 0.15) is 0 Å². The summed E-state index contributed by atoms with van der Waals surface area (Å²) < 4.78 is 3.00. The van der Waals surface area contributed by atoms with E-state index >= 15 is 0 Å². The third-order valence-electron chi connectivity index (χ3n) is 2.82. The van der Waals surface area contributed by atoms with Crippen molar-refractivity contribution in [2.75, 3.05) is 5.32 Å². The fraction of sp³-hybridized carbons (Fsp3) is 0.455. The van der Waals surface area contributed by atoms with Crippen LogP contribution in [0.15, 0.2) is 25.6 Å². The van der Waals surface area contributed by atoms with Crippen LogP contribution in [0.25, 0.3) is 0 Å². The zero-order chi connectivity index (χ0) is 11.7. The molecule has 2 rings (SSSR count). The average molecular weight is 414 g/mol. The molecule has 88 valence electrons. The number of hydrogen-bond acceptors (Lipinski definition) is 2. The molecular weight excluding hydrogens is 402 g/mol. The Kier molecular flexibility index (Phi) is 4.32. The van der Waals surface area contributed by atoms with E-state index in [1.165, 1.54) is 0 Å². The van der Waals surface area contributed by atoms with Gasteiger partial charge in [0, 0.05) is 13.4 Å². The van der Waals surface area contributed by atoms with Crippen molar-refractivity contribution in [1.82, 2.24) is 0 Å². The van der Waals surface area contributed by atoms with Crippen LogP contribution < -0.4 is 5.32 Å². The smallest absolute Gasteiger partial charge is 0.0741 e. The van der Waals surface area contributed by atoms with E-state index < -0.39 is 0 Å². The van der Waals surface area contributed by atoms with Crippen LogP contribution in [0.4, 0.5) is 5.69 Å². The van der Waals surface area contributed by atoms with Crippen LogP contribution in [0.2, 0.25) is 0 Å². The van der Waals surface area contributed by atoms with Gasteiger partial charge >= 0.3 is 0 Å². The van der Waals surface area contributed by atoms with Crippen molar-refractivity contribution >= 4 is 53.5 Å². The first-order valence-electron chi connectivity index (χ1n) is 5.17. The van der Waals surface area contributed by atoms with Crippen molar-refractivity contribution < 1.29 is 5.11 Å². The molecule has 1 aromatic rings. The molecule has 1 aromatic carbocycles. The second-order valence-corrected chi connectivity index (χ2v) is 6.62. The highest BCUT2D eigenvalue weighted by Gasteiger charge is 2.26. The summed E-state index contributed by atoms with van der Waals surface area (Å²) in [6.07, 6.45) is 2.77. The Morgan fingerprint density at radius 2 is 1.75 bits per heavy atom. The van der Waals surface area contributed by atoms with Gasteiger partial charge in [-0.05, 0) is 63.3 Å². The SMILES string of the molecule is O[C@H]1CCC[C@@H]1Nc1c(Br)cc(Br)cc1Br. The van der Waals surface area contributed by atoms with E-state index in [1.807, 2.05) is 12.1 Å². The van der Waals surface area contributed by atoms with Crippen LogP contribution in [0.3, 0.4) is 0 Å². The number of hydrogen-bond donors (Lipinski definition) is 2. The second kappa shape index (κ2) is 5.38. The molecule has 0 unspecified atom stereocenters. The van der Waals surface area contributed by atoms with Gasteiger partial charge in [0.05, 0.1) is 17.8 Å². The molecular formula is C11H12Br3NO. The lowest BCUT2D eigenvalue weighted by molar-refractivity contribution is 0.172. The average Bonchev–Trinajstić information content (AvgIpc) is 2.57. The third-order valence-corrected chi connectivity index (χ3v) is 4.52. The largest absolute Gasteiger partial charge is 0.391 e. The standard InChI is InChI=1S/C11H12Br3NO/c12-6-4-7(13)11(8(14)5-6)15-9-2-1-3-10(9)16/h4-5,9-10,15-16H,1-3H2/t9-,10-/m0/s1. The van der Waals surface area contributed by atoms with E-state index in [4.69, 9.17) is 0 Å². The molecule has 0 heterocycles. The first-order valence-corrected chi connectivity index (χ1v) is 7.55. The minimum atomic E-state index is -0.234. The summed E-state index contributed by atoms with van der Waals surface area (Å²) in [6.45, 7) is 0. The maximum absolute atomic E-state index is 9.78. The minimum Gasteiger partial charge on any atom is -0.391 e. The molecule has 0 saturated heterocycles. The molecule has 1 aliphatic rings. The van der Waals surface area contributed by atoms with E-state index in [9.17, 15) is 5.11 Å². The Bertz CT molecular complexity index is 374. The highest BCUT2D eigenvalue weighted by Crippen LogP contribution is 2.36. The van der Waals surface area contributed by atoms with E-state index in [0.29, 0.717) is 0 Å². The summed E-state index contributed by atoms with van der Waals surface area (Å²) in [6, 6.07) is 4.15. The molecule has 0 radical (unpaired) electrons. The van der Waals surface area contributed by atoms with Crippen LogP contribution in [0, 0.1) is 0 Å². The first-order chi connectivity index (χ1) is 7.58. The second-order valence-electron chi connectivity index (χ2n) is 3.99. The summed E-state index contributed by atoms with van der Waals surface area (Å²) in [7, 11) is 0. The number of anilines is 1. The Morgan fingerprint density at radius 3 is 2.25 bits per heavy atom. The number of rotatable bonds is 2. The van der Waals surface area contributed by atoms with Crippen LogP contribution in [-0.2, 0) is 0 Å². The van der Waals surface area contributed by atoms with E-state index in [2.05, 4.69) is 53.1 Å². The lowest BCUT2D eigenvalue weighted by Gasteiger charge is -2.20. The monoisotopic (exact) mass is 411 g/mol. The fourth-order valence-electron chi connectivity index (χ4n) is 1.97. The van der Waals surface area contributed by atoms with Crippen molar-refractivity contribution in [3.05, 3.63) is 25.6 Å². The maximum Gasteiger partial charge on any atom is 0.0741 e. The topological polar surface area (TPSA) is 32.3 Å². The Labute approximate surface area is 120 Å². The summed E-state index contributed by atoms with van der Waals surface area (Å²) >= 11 is 10.5. The highest BCUT2D eigenvalue weighted by atomic mass is 79.9. The van der Waals surface area contributed by atoms with Gasteiger partial charge in [0.25, 0.3) is 0 Å². The fourth-order valence-corrected chi connectivity index (χ4v) is 4.46. The van der Waals surface area contributed by atoms with Gasteiger partial charge in [-0.3, -0.25) is 0 Å². The number of aliphatic hydroxyl groups excluding tert-OH is 1. The van der Waals surface area contributed by atoms with Crippen LogP contribution in [-0.4, -0.2) is 17.3 Å². The van der Waals surface area contributed by atoms with Crippen molar-refractivity contribution in [3.8, 4) is 0 Å². The lowest BCUT2D eigenvalue weighted by Crippen LogP contribution is -2.28. The molecule has 0 bridgehead atoms. The Balaban J connectivity index is 2.21. The molecule has 2 atom stereocenters. The quantitative estimate of drug-likeness (QED) is 0.757. The molecule has 2 nitrogen and oxygen atoms in total. The molecule has 1 fully saturated rings. The number of nitrogens with one attached hydrogen (secondary N) is 1. The van der Waals surface area contributed by atoms with Crippen LogP contribution >= 0.6 is 47.8 Å². The van der Waals surface area contributed by atoms with Gasteiger partial charge in [0.15, 0.2) is 0 Å². The zero-order valence-electron chi connectivity index (χ0n) is 8.51. The number of aliphatic hydroxyl groups is 1. The Hall–Kier alpha value is 0.420. The van der Waals surface area contributed by atoms with Crippen molar-refractivity contribution in [2.45, 2.75) is 31.4 Å². The highest BCUT2D eigenvalue weighted by molar-refractivity contribution is 9.11.